The van der Waals surface area contributed by atoms with Gasteiger partial charge in [0.15, 0.2) is 0 Å². The molecule has 0 heterocycles. The summed E-state index contributed by atoms with van der Waals surface area (Å²) in [5.41, 5.74) is -0.289. The molecule has 112 valence electrons. The van der Waals surface area contributed by atoms with Crippen LogP contribution in [0.3, 0.4) is 0 Å². The van der Waals surface area contributed by atoms with E-state index in [0.717, 1.165) is 0 Å². The lowest BCUT2D eigenvalue weighted by Gasteiger charge is -2.29. The second-order valence-corrected chi connectivity index (χ2v) is 4.77. The van der Waals surface area contributed by atoms with Crippen LogP contribution in [0.4, 0.5) is 0 Å². The van der Waals surface area contributed by atoms with Crippen molar-refractivity contribution >= 4 is 5.97 Å². The van der Waals surface area contributed by atoms with Gasteiger partial charge in [-0.3, -0.25) is 10.1 Å². The van der Waals surface area contributed by atoms with Gasteiger partial charge >= 0.3 is 5.97 Å². The average molecular weight is 281 g/mol. The van der Waals surface area contributed by atoms with Crippen molar-refractivity contribution in [2.45, 2.75) is 38.3 Å². The van der Waals surface area contributed by atoms with Gasteiger partial charge in [-0.15, -0.1) is 0 Å². The monoisotopic (exact) mass is 281 g/mol. The van der Waals surface area contributed by atoms with Gasteiger partial charge in [-0.2, -0.15) is 0 Å². The SMILES string of the molecule is CCC(CC)(NCC(O)c1cccc(OC)c1)C(=O)O. The third-order valence-corrected chi connectivity index (χ3v) is 3.73. The summed E-state index contributed by atoms with van der Waals surface area (Å²) in [7, 11) is 1.56. The van der Waals surface area contributed by atoms with Crippen molar-refractivity contribution in [3.8, 4) is 5.75 Å². The van der Waals surface area contributed by atoms with Crippen LogP contribution in [0.2, 0.25) is 0 Å². The Morgan fingerprint density at radius 3 is 2.55 bits per heavy atom. The maximum Gasteiger partial charge on any atom is 0.323 e. The fourth-order valence-electron chi connectivity index (χ4n) is 2.14. The molecule has 0 bridgehead atoms. The second-order valence-electron chi connectivity index (χ2n) is 4.77. The fraction of sp³-hybridized carbons (Fsp3) is 0.533. The zero-order chi connectivity index (χ0) is 15.2. The molecule has 0 aliphatic rings. The topological polar surface area (TPSA) is 78.8 Å². The molecule has 20 heavy (non-hydrogen) atoms. The van der Waals surface area contributed by atoms with Crippen molar-refractivity contribution in [3.05, 3.63) is 29.8 Å². The summed E-state index contributed by atoms with van der Waals surface area (Å²) in [6.45, 7) is 3.83. The molecular weight excluding hydrogens is 258 g/mol. The summed E-state index contributed by atoms with van der Waals surface area (Å²) in [6, 6.07) is 7.12. The Morgan fingerprint density at radius 2 is 2.05 bits per heavy atom. The van der Waals surface area contributed by atoms with Crippen LogP contribution < -0.4 is 10.1 Å². The van der Waals surface area contributed by atoms with Crippen LogP contribution in [0.1, 0.15) is 38.4 Å². The number of hydrogen-bond donors (Lipinski definition) is 3. The van der Waals surface area contributed by atoms with Crippen LogP contribution in [0.25, 0.3) is 0 Å². The van der Waals surface area contributed by atoms with E-state index in [2.05, 4.69) is 5.32 Å². The summed E-state index contributed by atoms with van der Waals surface area (Å²) in [4.78, 5) is 11.4. The van der Waals surface area contributed by atoms with Crippen LogP contribution in [-0.2, 0) is 4.79 Å². The number of rotatable bonds is 8. The van der Waals surface area contributed by atoms with Crippen molar-refractivity contribution in [1.29, 1.82) is 0 Å². The number of carbonyl (C=O) groups is 1. The molecule has 0 saturated carbocycles. The average Bonchev–Trinajstić information content (AvgIpc) is 2.48. The molecular formula is C15H23NO4. The zero-order valence-electron chi connectivity index (χ0n) is 12.2. The first kappa shape index (κ1) is 16.5. The van der Waals surface area contributed by atoms with Gasteiger partial charge in [-0.1, -0.05) is 26.0 Å². The molecule has 5 heteroatoms. The number of methoxy groups -OCH3 is 1. The Morgan fingerprint density at radius 1 is 1.40 bits per heavy atom. The van der Waals surface area contributed by atoms with E-state index in [1.54, 1.807) is 31.4 Å². The van der Waals surface area contributed by atoms with Crippen molar-refractivity contribution < 1.29 is 19.7 Å². The summed E-state index contributed by atoms with van der Waals surface area (Å²) < 4.78 is 5.11. The quantitative estimate of drug-likeness (QED) is 0.679. The lowest BCUT2D eigenvalue weighted by Crippen LogP contribution is -2.52. The predicted molar refractivity (Wildman–Crippen MR) is 76.9 cm³/mol. The Labute approximate surface area is 119 Å². The maximum absolute atomic E-state index is 11.4. The predicted octanol–water partition coefficient (Wildman–Crippen LogP) is 1.96. The van der Waals surface area contributed by atoms with E-state index >= 15 is 0 Å². The number of benzene rings is 1. The minimum Gasteiger partial charge on any atom is -0.497 e. The Bertz CT molecular complexity index is 443. The van der Waals surface area contributed by atoms with Crippen LogP contribution in [-0.4, -0.2) is 35.4 Å². The largest absolute Gasteiger partial charge is 0.497 e. The standard InChI is InChI=1S/C15H23NO4/c1-4-15(5-2,14(18)19)16-10-13(17)11-7-6-8-12(9-11)20-3/h6-9,13,16-17H,4-5,10H2,1-3H3,(H,18,19). The number of carboxylic acid groups (broad SMARTS) is 1. The molecule has 0 aliphatic carbocycles. The third kappa shape index (κ3) is 3.71. The number of β-amino-alcohol motifs (C(OH)–C–C–N with tert-alkyl or cyclic N) is 1. The first-order chi connectivity index (χ1) is 9.49. The van der Waals surface area contributed by atoms with E-state index in [0.29, 0.717) is 24.2 Å². The highest BCUT2D eigenvalue weighted by atomic mass is 16.5. The van der Waals surface area contributed by atoms with E-state index in [9.17, 15) is 15.0 Å². The fourth-order valence-corrected chi connectivity index (χ4v) is 2.14. The number of nitrogens with one attached hydrogen (secondary N) is 1. The molecule has 0 spiro atoms. The lowest BCUT2D eigenvalue weighted by molar-refractivity contribution is -0.145. The smallest absolute Gasteiger partial charge is 0.323 e. The van der Waals surface area contributed by atoms with Crippen LogP contribution in [0.5, 0.6) is 5.75 Å². The maximum atomic E-state index is 11.4. The Balaban J connectivity index is 2.74. The van der Waals surface area contributed by atoms with Crippen molar-refractivity contribution in [2.24, 2.45) is 0 Å². The molecule has 0 aromatic heterocycles. The highest BCUT2D eigenvalue weighted by Gasteiger charge is 2.34. The van der Waals surface area contributed by atoms with Gasteiger partial charge in [-0.05, 0) is 30.5 Å². The zero-order valence-corrected chi connectivity index (χ0v) is 12.2. The molecule has 0 radical (unpaired) electrons. The second kappa shape index (κ2) is 7.26. The van der Waals surface area contributed by atoms with Gasteiger partial charge in [0, 0.05) is 6.54 Å². The van der Waals surface area contributed by atoms with Gasteiger partial charge in [-0.25, -0.2) is 0 Å². The molecule has 0 amide bonds. The lowest BCUT2D eigenvalue weighted by atomic mass is 9.92. The molecule has 1 rings (SSSR count). The minimum absolute atomic E-state index is 0.182. The molecule has 0 fully saturated rings. The van der Waals surface area contributed by atoms with Crippen molar-refractivity contribution in [2.75, 3.05) is 13.7 Å². The summed E-state index contributed by atoms with van der Waals surface area (Å²) in [5.74, 6) is -0.225. The van der Waals surface area contributed by atoms with E-state index in [1.807, 2.05) is 13.8 Å². The Kier molecular flexibility index (Phi) is 5.98. The molecule has 1 aromatic carbocycles. The molecule has 1 unspecified atom stereocenters. The molecule has 0 aliphatic heterocycles. The highest BCUT2D eigenvalue weighted by molar-refractivity contribution is 5.78. The normalized spacial score (nSPS) is 13.0. The van der Waals surface area contributed by atoms with Gasteiger partial charge in [0.1, 0.15) is 11.3 Å². The van der Waals surface area contributed by atoms with Gasteiger partial charge in [0.2, 0.25) is 0 Å². The molecule has 3 N–H and O–H groups in total. The van der Waals surface area contributed by atoms with Gasteiger partial charge < -0.3 is 14.9 Å². The van der Waals surface area contributed by atoms with Crippen molar-refractivity contribution in [1.82, 2.24) is 5.32 Å². The van der Waals surface area contributed by atoms with Crippen LogP contribution in [0.15, 0.2) is 24.3 Å². The minimum atomic E-state index is -0.986. The van der Waals surface area contributed by atoms with Gasteiger partial charge in [0.25, 0.3) is 0 Å². The summed E-state index contributed by atoms with van der Waals surface area (Å²) >= 11 is 0. The number of ether oxygens (including phenoxy) is 1. The van der Waals surface area contributed by atoms with Crippen LogP contribution >= 0.6 is 0 Å². The number of hydrogen-bond acceptors (Lipinski definition) is 4. The molecule has 0 saturated heterocycles. The number of aliphatic hydroxyl groups is 1. The Hall–Kier alpha value is -1.59. The summed E-state index contributed by atoms with van der Waals surface area (Å²) in [5, 5.41) is 22.5. The van der Waals surface area contributed by atoms with E-state index in [-0.39, 0.29) is 6.54 Å². The number of aliphatic carboxylic acids is 1. The number of carboxylic acids is 1. The van der Waals surface area contributed by atoms with E-state index < -0.39 is 17.6 Å². The molecule has 1 aromatic rings. The molecule has 1 atom stereocenters. The third-order valence-electron chi connectivity index (χ3n) is 3.73. The summed E-state index contributed by atoms with van der Waals surface area (Å²) in [6.07, 6.45) is 0.148. The van der Waals surface area contributed by atoms with Crippen LogP contribution in [0, 0.1) is 0 Å². The molecule has 5 nitrogen and oxygen atoms in total. The first-order valence-electron chi connectivity index (χ1n) is 6.79. The first-order valence-corrected chi connectivity index (χ1v) is 6.79. The van der Waals surface area contributed by atoms with Gasteiger partial charge in [0.05, 0.1) is 13.2 Å². The van der Waals surface area contributed by atoms with E-state index in [4.69, 9.17) is 4.74 Å². The van der Waals surface area contributed by atoms with E-state index in [1.165, 1.54) is 0 Å². The van der Waals surface area contributed by atoms with Crippen molar-refractivity contribution in [3.63, 3.8) is 0 Å². The highest BCUT2D eigenvalue weighted by Crippen LogP contribution is 2.21. The number of aliphatic hydroxyl groups excluding tert-OH is 1.